The van der Waals surface area contributed by atoms with Gasteiger partial charge in [-0.1, -0.05) is 6.07 Å². The van der Waals surface area contributed by atoms with Crippen molar-refractivity contribution in [1.82, 2.24) is 14.8 Å². The second kappa shape index (κ2) is 8.94. The minimum Gasteiger partial charge on any atom is -0.459 e. The highest BCUT2D eigenvalue weighted by molar-refractivity contribution is 7.16. The van der Waals surface area contributed by atoms with Gasteiger partial charge in [-0.2, -0.15) is 0 Å². The molecule has 6 nitrogen and oxygen atoms in total. The molecule has 1 aliphatic heterocycles. The van der Waals surface area contributed by atoms with E-state index in [9.17, 15) is 4.79 Å². The van der Waals surface area contributed by atoms with Gasteiger partial charge in [0.2, 0.25) is 0 Å². The third kappa shape index (κ3) is 4.18. The van der Waals surface area contributed by atoms with Crippen LogP contribution in [0.4, 0.5) is 5.00 Å². The number of amides is 1. The Morgan fingerprint density at radius 3 is 2.74 bits per heavy atom. The molecule has 7 heteroatoms. The lowest BCUT2D eigenvalue weighted by Gasteiger charge is -2.39. The highest BCUT2D eigenvalue weighted by Gasteiger charge is 2.33. The third-order valence-electron chi connectivity index (χ3n) is 6.36. The zero-order chi connectivity index (χ0) is 21.2. The summed E-state index contributed by atoms with van der Waals surface area (Å²) in [7, 11) is 2.18. The largest absolute Gasteiger partial charge is 0.459 e. The van der Waals surface area contributed by atoms with Gasteiger partial charge in [0, 0.05) is 49.0 Å². The molecule has 1 atom stereocenters. The molecule has 2 aliphatic rings. The molecule has 1 saturated heterocycles. The molecule has 1 N–H and O–H groups in total. The predicted molar refractivity (Wildman–Crippen MR) is 123 cm³/mol. The first-order valence-corrected chi connectivity index (χ1v) is 11.8. The lowest BCUT2D eigenvalue weighted by molar-refractivity contribution is 0.0996. The van der Waals surface area contributed by atoms with Crippen LogP contribution in [-0.2, 0) is 12.8 Å². The number of fused-ring (bicyclic) bond motifs is 1. The quantitative estimate of drug-likeness (QED) is 0.649. The van der Waals surface area contributed by atoms with Gasteiger partial charge in [0.1, 0.15) is 5.00 Å². The number of carbonyl (C=O) groups is 1. The Bertz CT molecular complexity index is 1020. The van der Waals surface area contributed by atoms with Crippen LogP contribution in [0.25, 0.3) is 0 Å². The number of rotatable bonds is 5. The monoisotopic (exact) mass is 436 g/mol. The molecule has 4 heterocycles. The zero-order valence-electron chi connectivity index (χ0n) is 17.8. The van der Waals surface area contributed by atoms with Crippen LogP contribution in [0.5, 0.6) is 0 Å². The van der Waals surface area contributed by atoms with E-state index in [1.807, 2.05) is 18.5 Å². The lowest BCUT2D eigenvalue weighted by atomic mass is 9.89. The van der Waals surface area contributed by atoms with Crippen molar-refractivity contribution in [2.24, 2.45) is 0 Å². The number of hydrogen-bond donors (Lipinski definition) is 1. The summed E-state index contributed by atoms with van der Waals surface area (Å²) < 4.78 is 5.35. The number of pyridine rings is 1. The van der Waals surface area contributed by atoms with E-state index in [1.54, 1.807) is 23.5 Å². The van der Waals surface area contributed by atoms with Crippen molar-refractivity contribution in [3.8, 4) is 0 Å². The first-order valence-electron chi connectivity index (χ1n) is 11.0. The highest BCUT2D eigenvalue weighted by Crippen LogP contribution is 2.45. The summed E-state index contributed by atoms with van der Waals surface area (Å²) in [5.41, 5.74) is 3.88. The van der Waals surface area contributed by atoms with Gasteiger partial charge >= 0.3 is 0 Å². The summed E-state index contributed by atoms with van der Waals surface area (Å²) >= 11 is 1.74. The van der Waals surface area contributed by atoms with Crippen LogP contribution in [-0.4, -0.2) is 53.9 Å². The highest BCUT2D eigenvalue weighted by atomic mass is 32.1. The molecule has 1 fully saturated rings. The maximum absolute atomic E-state index is 12.9. The summed E-state index contributed by atoms with van der Waals surface area (Å²) in [5.74, 6) is 0.156. The standard InChI is InChI=1S/C24H28N4O2S/c1-27-11-13-28(14-12-27)22(17-6-4-10-25-16-17)21-18-7-2-3-9-20(18)31-24(21)26-23(29)19-8-5-15-30-19/h4-6,8,10,15-16,22H,2-3,7,9,11-14H2,1H3,(H,26,29)/t22-/m0/s1. The van der Waals surface area contributed by atoms with Crippen molar-refractivity contribution in [2.45, 2.75) is 31.7 Å². The van der Waals surface area contributed by atoms with E-state index in [0.29, 0.717) is 5.76 Å². The summed E-state index contributed by atoms with van der Waals surface area (Å²) in [6.07, 6.45) is 9.92. The molecule has 0 radical (unpaired) electrons. The molecule has 1 amide bonds. The van der Waals surface area contributed by atoms with Gasteiger partial charge in [-0.05, 0) is 62.1 Å². The number of piperazine rings is 1. The SMILES string of the molecule is CN1CCN([C@@H](c2cccnc2)c2c(NC(=O)c3ccco3)sc3c2CCCC3)CC1. The molecular formula is C24H28N4O2S. The van der Waals surface area contributed by atoms with E-state index in [1.165, 1.54) is 40.7 Å². The average Bonchev–Trinajstić information content (AvgIpc) is 3.45. The number of furan rings is 1. The number of aromatic nitrogens is 1. The fourth-order valence-corrected chi connectivity index (χ4v) is 6.04. The van der Waals surface area contributed by atoms with Crippen LogP contribution < -0.4 is 5.32 Å². The Balaban J connectivity index is 1.59. The zero-order valence-corrected chi connectivity index (χ0v) is 18.7. The van der Waals surface area contributed by atoms with E-state index >= 15 is 0 Å². The van der Waals surface area contributed by atoms with Gasteiger partial charge in [-0.15, -0.1) is 11.3 Å². The number of aryl methyl sites for hydroxylation is 1. The topological polar surface area (TPSA) is 61.6 Å². The van der Waals surface area contributed by atoms with Crippen molar-refractivity contribution in [3.05, 3.63) is 70.3 Å². The minimum absolute atomic E-state index is 0.0902. The number of hydrogen-bond acceptors (Lipinski definition) is 6. The van der Waals surface area contributed by atoms with Crippen molar-refractivity contribution in [1.29, 1.82) is 0 Å². The van der Waals surface area contributed by atoms with Crippen molar-refractivity contribution < 1.29 is 9.21 Å². The van der Waals surface area contributed by atoms with Crippen LogP contribution in [0.3, 0.4) is 0 Å². The van der Waals surface area contributed by atoms with E-state index in [0.717, 1.165) is 44.0 Å². The molecule has 31 heavy (non-hydrogen) atoms. The van der Waals surface area contributed by atoms with E-state index in [4.69, 9.17) is 4.42 Å². The van der Waals surface area contributed by atoms with Gasteiger partial charge in [-0.3, -0.25) is 14.7 Å². The van der Waals surface area contributed by atoms with E-state index in [-0.39, 0.29) is 11.9 Å². The number of nitrogens with one attached hydrogen (secondary N) is 1. The number of thiophene rings is 1. The summed E-state index contributed by atoms with van der Waals surface area (Å²) in [4.78, 5) is 23.7. The third-order valence-corrected chi connectivity index (χ3v) is 7.58. The predicted octanol–water partition coefficient (Wildman–Crippen LogP) is 4.20. The van der Waals surface area contributed by atoms with E-state index in [2.05, 4.69) is 33.2 Å². The Morgan fingerprint density at radius 1 is 1.16 bits per heavy atom. The Morgan fingerprint density at radius 2 is 2.00 bits per heavy atom. The maximum Gasteiger partial charge on any atom is 0.291 e. The van der Waals surface area contributed by atoms with Gasteiger partial charge in [0.15, 0.2) is 5.76 Å². The molecule has 3 aromatic rings. The van der Waals surface area contributed by atoms with Crippen LogP contribution >= 0.6 is 11.3 Å². The molecule has 0 spiro atoms. The minimum atomic E-state index is -0.187. The van der Waals surface area contributed by atoms with Crippen molar-refractivity contribution in [2.75, 3.05) is 38.5 Å². The van der Waals surface area contributed by atoms with Crippen LogP contribution in [0, 0.1) is 0 Å². The molecule has 5 rings (SSSR count). The first-order chi connectivity index (χ1) is 15.2. The van der Waals surface area contributed by atoms with Gasteiger partial charge in [0.05, 0.1) is 12.3 Å². The van der Waals surface area contributed by atoms with Gasteiger partial charge in [0.25, 0.3) is 5.91 Å². The summed E-state index contributed by atoms with van der Waals surface area (Å²) in [6, 6.07) is 7.73. The van der Waals surface area contributed by atoms with Crippen LogP contribution in [0.1, 0.15) is 51.0 Å². The molecule has 0 aromatic carbocycles. The molecule has 162 valence electrons. The number of anilines is 1. The molecule has 0 bridgehead atoms. The lowest BCUT2D eigenvalue weighted by Crippen LogP contribution is -2.46. The maximum atomic E-state index is 12.9. The van der Waals surface area contributed by atoms with Crippen LogP contribution in [0.2, 0.25) is 0 Å². The number of nitrogens with zero attached hydrogens (tertiary/aromatic N) is 3. The molecule has 0 unspecified atom stereocenters. The Kier molecular flexibility index (Phi) is 5.89. The summed E-state index contributed by atoms with van der Waals surface area (Å²) in [5, 5.41) is 4.16. The first kappa shape index (κ1) is 20.4. The fraction of sp³-hybridized carbons (Fsp3) is 0.417. The number of carbonyl (C=O) groups excluding carboxylic acids is 1. The summed E-state index contributed by atoms with van der Waals surface area (Å²) in [6.45, 7) is 4.06. The Labute approximate surface area is 186 Å². The Hall–Kier alpha value is -2.48. The molecule has 3 aromatic heterocycles. The van der Waals surface area contributed by atoms with E-state index < -0.39 is 0 Å². The van der Waals surface area contributed by atoms with Crippen molar-refractivity contribution >= 4 is 22.2 Å². The second-order valence-electron chi connectivity index (χ2n) is 8.41. The molecule has 1 aliphatic carbocycles. The number of likely N-dealkylation sites (N-methyl/N-ethyl adjacent to an activating group) is 1. The van der Waals surface area contributed by atoms with Gasteiger partial charge in [-0.25, -0.2) is 0 Å². The fourth-order valence-electron chi connectivity index (χ4n) is 4.72. The average molecular weight is 437 g/mol. The second-order valence-corrected chi connectivity index (χ2v) is 9.52. The van der Waals surface area contributed by atoms with Crippen molar-refractivity contribution in [3.63, 3.8) is 0 Å². The normalized spacial score (nSPS) is 18.5. The van der Waals surface area contributed by atoms with Crippen LogP contribution in [0.15, 0.2) is 47.3 Å². The molecular weight excluding hydrogens is 408 g/mol. The van der Waals surface area contributed by atoms with Gasteiger partial charge < -0.3 is 14.6 Å². The smallest absolute Gasteiger partial charge is 0.291 e. The molecule has 0 saturated carbocycles.